The number of nitrogens with zero attached hydrogens (tertiary/aromatic N) is 1. The standard InChI is InChI=1S/C24H29NOS/c1-17-8-10-18(11-9-17)22-15-25(2)13-12-20(22)21-14-23(27-24(21)16-26)19-6-4-3-5-7-19/h3-7,14,16-18H,8-13,15H2,1-2H3. The lowest BCUT2D eigenvalue weighted by molar-refractivity contribution is 0.112. The molecule has 1 aromatic heterocycles. The molecule has 0 bridgehead atoms. The summed E-state index contributed by atoms with van der Waals surface area (Å²) < 4.78 is 0. The maximum Gasteiger partial charge on any atom is 0.160 e. The molecule has 1 saturated carbocycles. The van der Waals surface area contributed by atoms with Gasteiger partial charge >= 0.3 is 0 Å². The van der Waals surface area contributed by atoms with Crippen molar-refractivity contribution in [1.29, 1.82) is 0 Å². The van der Waals surface area contributed by atoms with Gasteiger partial charge in [0.05, 0.1) is 4.88 Å². The number of thiophene rings is 1. The summed E-state index contributed by atoms with van der Waals surface area (Å²) >= 11 is 1.64. The zero-order valence-corrected chi connectivity index (χ0v) is 17.2. The minimum absolute atomic E-state index is 0.693. The first-order chi connectivity index (χ1) is 13.2. The highest BCUT2D eigenvalue weighted by molar-refractivity contribution is 7.17. The summed E-state index contributed by atoms with van der Waals surface area (Å²) in [7, 11) is 2.23. The molecule has 0 amide bonds. The maximum absolute atomic E-state index is 11.9. The molecule has 0 saturated heterocycles. The molecular formula is C24H29NOS. The van der Waals surface area contributed by atoms with Crippen molar-refractivity contribution in [2.24, 2.45) is 11.8 Å². The van der Waals surface area contributed by atoms with Crippen molar-refractivity contribution in [3.63, 3.8) is 0 Å². The number of rotatable bonds is 4. The summed E-state index contributed by atoms with van der Waals surface area (Å²) in [5.41, 5.74) is 5.48. The molecule has 0 unspecified atom stereocenters. The smallest absolute Gasteiger partial charge is 0.160 e. The first-order valence-corrected chi connectivity index (χ1v) is 11.0. The van der Waals surface area contributed by atoms with Crippen molar-refractivity contribution in [3.8, 4) is 10.4 Å². The van der Waals surface area contributed by atoms with Gasteiger partial charge in [0.15, 0.2) is 6.29 Å². The van der Waals surface area contributed by atoms with Crippen molar-refractivity contribution in [2.45, 2.75) is 39.0 Å². The zero-order chi connectivity index (χ0) is 18.8. The number of carbonyl (C=O) groups is 1. The van der Waals surface area contributed by atoms with Gasteiger partial charge in [0, 0.05) is 18.0 Å². The molecule has 2 nitrogen and oxygen atoms in total. The summed E-state index contributed by atoms with van der Waals surface area (Å²) in [5.74, 6) is 1.56. The summed E-state index contributed by atoms with van der Waals surface area (Å²) in [5, 5.41) is 0. The molecule has 27 heavy (non-hydrogen) atoms. The lowest BCUT2D eigenvalue weighted by Gasteiger charge is -2.35. The van der Waals surface area contributed by atoms with Gasteiger partial charge in [0.25, 0.3) is 0 Å². The van der Waals surface area contributed by atoms with Gasteiger partial charge in [-0.2, -0.15) is 0 Å². The van der Waals surface area contributed by atoms with Crippen LogP contribution >= 0.6 is 11.3 Å². The molecule has 142 valence electrons. The van der Waals surface area contributed by atoms with E-state index in [1.807, 2.05) is 6.07 Å². The molecule has 2 aliphatic rings. The van der Waals surface area contributed by atoms with E-state index in [1.165, 1.54) is 47.3 Å². The summed E-state index contributed by atoms with van der Waals surface area (Å²) in [6.45, 7) is 4.52. The average Bonchev–Trinajstić information content (AvgIpc) is 3.13. The predicted molar refractivity (Wildman–Crippen MR) is 115 cm³/mol. The molecule has 0 N–H and O–H groups in total. The van der Waals surface area contributed by atoms with Gasteiger partial charge < -0.3 is 4.90 Å². The van der Waals surface area contributed by atoms with Gasteiger partial charge in [0.2, 0.25) is 0 Å². The molecule has 1 aliphatic carbocycles. The van der Waals surface area contributed by atoms with Crippen LogP contribution in [0.1, 0.15) is 54.3 Å². The van der Waals surface area contributed by atoms with Crippen LogP contribution in [0.5, 0.6) is 0 Å². The Morgan fingerprint density at radius 3 is 2.56 bits per heavy atom. The van der Waals surface area contributed by atoms with Gasteiger partial charge in [-0.3, -0.25) is 4.79 Å². The van der Waals surface area contributed by atoms with Crippen molar-refractivity contribution < 1.29 is 4.79 Å². The third-order valence-electron chi connectivity index (χ3n) is 6.33. The van der Waals surface area contributed by atoms with Crippen LogP contribution in [0.2, 0.25) is 0 Å². The van der Waals surface area contributed by atoms with Crippen LogP contribution in [0.15, 0.2) is 42.0 Å². The van der Waals surface area contributed by atoms with Crippen molar-refractivity contribution in [1.82, 2.24) is 4.90 Å². The molecule has 1 aromatic carbocycles. The number of benzene rings is 1. The van der Waals surface area contributed by atoms with Crippen LogP contribution in [-0.4, -0.2) is 31.3 Å². The van der Waals surface area contributed by atoms with E-state index < -0.39 is 0 Å². The van der Waals surface area contributed by atoms with Crippen molar-refractivity contribution in [3.05, 3.63) is 52.4 Å². The second kappa shape index (κ2) is 8.12. The highest BCUT2D eigenvalue weighted by Gasteiger charge is 2.29. The van der Waals surface area contributed by atoms with Gasteiger partial charge in [-0.1, -0.05) is 50.1 Å². The second-order valence-corrected chi connectivity index (χ2v) is 9.40. The Morgan fingerprint density at radius 1 is 1.11 bits per heavy atom. The Bertz CT molecular complexity index is 827. The molecule has 2 heterocycles. The molecule has 1 aliphatic heterocycles. The molecule has 2 aromatic rings. The van der Waals surface area contributed by atoms with E-state index in [4.69, 9.17) is 0 Å². The normalized spacial score (nSPS) is 24.2. The monoisotopic (exact) mass is 379 g/mol. The molecule has 3 heteroatoms. The Morgan fingerprint density at radius 2 is 1.85 bits per heavy atom. The topological polar surface area (TPSA) is 20.3 Å². The van der Waals surface area contributed by atoms with E-state index in [9.17, 15) is 4.79 Å². The Kier molecular flexibility index (Phi) is 5.60. The van der Waals surface area contributed by atoms with Gasteiger partial charge in [-0.15, -0.1) is 11.3 Å². The quantitative estimate of drug-likeness (QED) is 0.594. The van der Waals surface area contributed by atoms with E-state index in [1.54, 1.807) is 16.9 Å². The van der Waals surface area contributed by atoms with E-state index in [0.29, 0.717) is 5.92 Å². The number of hydrogen-bond acceptors (Lipinski definition) is 3. The SMILES string of the molecule is CC1CCC(C2=C(c3cc(-c4ccccc4)sc3C=O)CCN(C)C2)CC1. The van der Waals surface area contributed by atoms with Gasteiger partial charge in [-0.05, 0) is 66.5 Å². The molecule has 1 fully saturated rings. The zero-order valence-electron chi connectivity index (χ0n) is 16.4. The Labute approximate surface area is 166 Å². The first kappa shape index (κ1) is 18.6. The number of likely N-dealkylation sites (N-methyl/N-ethyl adjacent to an activating group) is 1. The van der Waals surface area contributed by atoms with Crippen LogP contribution < -0.4 is 0 Å². The molecule has 0 radical (unpaired) electrons. The number of aldehydes is 1. The van der Waals surface area contributed by atoms with E-state index in [-0.39, 0.29) is 0 Å². The van der Waals surface area contributed by atoms with Crippen LogP contribution in [0, 0.1) is 11.8 Å². The second-order valence-electron chi connectivity index (χ2n) is 8.32. The average molecular weight is 380 g/mol. The van der Waals surface area contributed by atoms with Gasteiger partial charge in [-0.25, -0.2) is 0 Å². The molecule has 0 atom stereocenters. The number of hydrogen-bond donors (Lipinski definition) is 0. The van der Waals surface area contributed by atoms with E-state index in [2.05, 4.69) is 49.2 Å². The molecular weight excluding hydrogens is 350 g/mol. The Balaban J connectivity index is 1.75. The third kappa shape index (κ3) is 3.95. The summed E-state index contributed by atoms with van der Waals surface area (Å²) in [6.07, 6.45) is 7.41. The summed E-state index contributed by atoms with van der Waals surface area (Å²) in [6, 6.07) is 12.7. The fraction of sp³-hybridized carbons (Fsp3) is 0.458. The largest absolute Gasteiger partial charge is 0.302 e. The lowest BCUT2D eigenvalue weighted by Crippen LogP contribution is -2.31. The Hall–Kier alpha value is -1.71. The predicted octanol–water partition coefficient (Wildman–Crippen LogP) is 6.14. The third-order valence-corrected chi connectivity index (χ3v) is 7.44. The highest BCUT2D eigenvalue weighted by Crippen LogP contribution is 2.42. The van der Waals surface area contributed by atoms with Crippen LogP contribution in [0.25, 0.3) is 16.0 Å². The van der Waals surface area contributed by atoms with Crippen molar-refractivity contribution >= 4 is 23.2 Å². The highest BCUT2D eigenvalue weighted by atomic mass is 32.1. The van der Waals surface area contributed by atoms with Crippen LogP contribution in [0.4, 0.5) is 0 Å². The molecule has 0 spiro atoms. The van der Waals surface area contributed by atoms with E-state index >= 15 is 0 Å². The fourth-order valence-electron chi connectivity index (χ4n) is 4.69. The van der Waals surface area contributed by atoms with Crippen molar-refractivity contribution in [2.75, 3.05) is 20.1 Å². The lowest BCUT2D eigenvalue weighted by atomic mass is 9.75. The minimum atomic E-state index is 0.693. The summed E-state index contributed by atoms with van der Waals surface area (Å²) in [4.78, 5) is 16.4. The van der Waals surface area contributed by atoms with Crippen LogP contribution in [-0.2, 0) is 0 Å². The van der Waals surface area contributed by atoms with Crippen LogP contribution in [0.3, 0.4) is 0 Å². The van der Waals surface area contributed by atoms with Gasteiger partial charge in [0.1, 0.15) is 0 Å². The van der Waals surface area contributed by atoms with E-state index in [0.717, 1.165) is 36.6 Å². The fourth-order valence-corrected chi connectivity index (χ4v) is 5.70. The minimum Gasteiger partial charge on any atom is -0.302 e. The molecule has 4 rings (SSSR count). The first-order valence-electron chi connectivity index (χ1n) is 10.2. The number of carbonyl (C=O) groups excluding carboxylic acids is 1. The maximum atomic E-state index is 11.9.